The van der Waals surface area contributed by atoms with Gasteiger partial charge in [-0.25, -0.2) is 4.98 Å². The van der Waals surface area contributed by atoms with Crippen LogP contribution in [-0.2, 0) is 18.4 Å². The molecule has 27 heavy (non-hydrogen) atoms. The van der Waals surface area contributed by atoms with Gasteiger partial charge >= 0.3 is 0 Å². The van der Waals surface area contributed by atoms with E-state index in [2.05, 4.69) is 10.3 Å². The molecular weight excluding hydrogens is 342 g/mol. The summed E-state index contributed by atoms with van der Waals surface area (Å²) in [6.07, 6.45) is 3.56. The van der Waals surface area contributed by atoms with Gasteiger partial charge in [0.1, 0.15) is 17.6 Å². The molecule has 0 aliphatic heterocycles. The fourth-order valence-electron chi connectivity index (χ4n) is 3.03. The number of carbonyl (C=O) groups excluding carboxylic acids is 1. The van der Waals surface area contributed by atoms with E-state index in [4.69, 9.17) is 9.47 Å². The Labute approximate surface area is 158 Å². The lowest BCUT2D eigenvalue weighted by Crippen LogP contribution is -2.31. The number of hydrogen-bond donors (Lipinski definition) is 1. The monoisotopic (exact) mass is 365 g/mol. The van der Waals surface area contributed by atoms with Crippen LogP contribution in [-0.4, -0.2) is 29.7 Å². The predicted octanol–water partition coefficient (Wildman–Crippen LogP) is 3.09. The van der Waals surface area contributed by atoms with Gasteiger partial charge in [0.05, 0.1) is 13.7 Å². The number of amides is 1. The van der Waals surface area contributed by atoms with Crippen LogP contribution in [0, 0.1) is 0 Å². The summed E-state index contributed by atoms with van der Waals surface area (Å²) in [5.41, 5.74) is 2.35. The Hall–Kier alpha value is -3.12. The molecule has 6 nitrogen and oxygen atoms in total. The molecule has 1 atom stereocenters. The fraction of sp³-hybridized carbons (Fsp3) is 0.238. The minimum absolute atomic E-state index is 0.188. The summed E-state index contributed by atoms with van der Waals surface area (Å²) in [6, 6.07) is 14.6. The van der Waals surface area contributed by atoms with E-state index >= 15 is 0 Å². The highest BCUT2D eigenvalue weighted by Crippen LogP contribution is 2.29. The summed E-state index contributed by atoms with van der Waals surface area (Å²) >= 11 is 0. The smallest absolute Gasteiger partial charge is 0.252 e. The number of para-hydroxylation sites is 1. The number of imidazole rings is 1. The van der Waals surface area contributed by atoms with Crippen molar-refractivity contribution in [2.24, 2.45) is 7.05 Å². The molecule has 1 amide bonds. The molecule has 1 aromatic heterocycles. The molecule has 3 rings (SSSR count). The highest BCUT2D eigenvalue weighted by molar-refractivity contribution is 5.94. The summed E-state index contributed by atoms with van der Waals surface area (Å²) in [4.78, 5) is 17.4. The number of ether oxygens (including phenoxy) is 2. The zero-order valence-electron chi connectivity index (χ0n) is 15.7. The second-order valence-electron chi connectivity index (χ2n) is 6.18. The Balaban J connectivity index is 1.96. The summed E-state index contributed by atoms with van der Waals surface area (Å²) in [5, 5.41) is 3.09. The molecule has 3 aromatic rings. The third kappa shape index (κ3) is 4.17. The molecule has 0 aliphatic carbocycles. The number of nitrogens with one attached hydrogen (secondary N) is 1. The van der Waals surface area contributed by atoms with Crippen molar-refractivity contribution in [2.45, 2.75) is 12.6 Å². The topological polar surface area (TPSA) is 65.4 Å². The van der Waals surface area contributed by atoms with Crippen molar-refractivity contribution in [2.75, 3.05) is 14.2 Å². The van der Waals surface area contributed by atoms with Crippen LogP contribution >= 0.6 is 0 Å². The summed E-state index contributed by atoms with van der Waals surface area (Å²) < 4.78 is 12.5. The maximum atomic E-state index is 13.0. The number of carbonyl (C=O) groups is 1. The molecule has 0 bridgehead atoms. The lowest BCUT2D eigenvalue weighted by molar-refractivity contribution is 0.0940. The molecule has 0 fully saturated rings. The Morgan fingerprint density at radius 3 is 2.70 bits per heavy atom. The third-order valence-electron chi connectivity index (χ3n) is 4.34. The molecule has 2 aromatic carbocycles. The van der Waals surface area contributed by atoms with Gasteiger partial charge < -0.3 is 19.4 Å². The van der Waals surface area contributed by atoms with E-state index in [0.717, 1.165) is 17.0 Å². The standard InChI is InChI=1S/C21H23N3O3/c1-24-12-11-22-20(24)19(17-9-4-5-10-18(17)27-3)23-21(25)16-8-6-7-15(13-16)14-26-2/h4-13,19H,14H2,1-3H3,(H,23,25). The van der Waals surface area contributed by atoms with Gasteiger partial charge in [-0.1, -0.05) is 30.3 Å². The van der Waals surface area contributed by atoms with E-state index < -0.39 is 6.04 Å². The van der Waals surface area contributed by atoms with E-state index in [1.54, 1.807) is 26.5 Å². The van der Waals surface area contributed by atoms with Crippen LogP contribution in [0.4, 0.5) is 0 Å². The fourth-order valence-corrected chi connectivity index (χ4v) is 3.03. The van der Waals surface area contributed by atoms with Crippen LogP contribution in [0.5, 0.6) is 5.75 Å². The van der Waals surface area contributed by atoms with Gasteiger partial charge in [0.15, 0.2) is 0 Å². The van der Waals surface area contributed by atoms with Crippen LogP contribution in [0.1, 0.15) is 33.4 Å². The van der Waals surface area contributed by atoms with Crippen molar-refractivity contribution < 1.29 is 14.3 Å². The summed E-state index contributed by atoms with van der Waals surface area (Å²) in [6.45, 7) is 0.455. The van der Waals surface area contributed by atoms with E-state index in [-0.39, 0.29) is 5.91 Å². The molecule has 1 N–H and O–H groups in total. The van der Waals surface area contributed by atoms with E-state index in [1.165, 1.54) is 0 Å². The quantitative estimate of drug-likeness (QED) is 0.699. The van der Waals surface area contributed by atoms with Gasteiger partial charge in [-0.3, -0.25) is 4.79 Å². The van der Waals surface area contributed by atoms with Gasteiger partial charge in [-0.05, 0) is 23.8 Å². The first kappa shape index (κ1) is 18.7. The zero-order chi connectivity index (χ0) is 19.2. The molecule has 0 saturated carbocycles. The van der Waals surface area contributed by atoms with Gasteiger partial charge in [-0.15, -0.1) is 0 Å². The first-order valence-electron chi connectivity index (χ1n) is 8.63. The average Bonchev–Trinajstić information content (AvgIpc) is 3.12. The Kier molecular flexibility index (Phi) is 5.88. The Morgan fingerprint density at radius 2 is 2.00 bits per heavy atom. The first-order chi connectivity index (χ1) is 13.1. The van der Waals surface area contributed by atoms with Crippen molar-refractivity contribution >= 4 is 5.91 Å². The third-order valence-corrected chi connectivity index (χ3v) is 4.34. The van der Waals surface area contributed by atoms with Gasteiger partial charge in [0, 0.05) is 37.7 Å². The summed E-state index contributed by atoms with van der Waals surface area (Å²) in [7, 11) is 5.14. The number of aromatic nitrogens is 2. The van der Waals surface area contributed by atoms with Crippen molar-refractivity contribution in [3.05, 3.63) is 83.4 Å². The number of aryl methyl sites for hydroxylation is 1. The normalized spacial score (nSPS) is 11.8. The average molecular weight is 365 g/mol. The second-order valence-corrected chi connectivity index (χ2v) is 6.18. The van der Waals surface area contributed by atoms with Crippen LogP contribution in [0.3, 0.4) is 0 Å². The lowest BCUT2D eigenvalue weighted by atomic mass is 10.0. The number of benzene rings is 2. The van der Waals surface area contributed by atoms with Crippen LogP contribution in [0.15, 0.2) is 60.9 Å². The van der Waals surface area contributed by atoms with Crippen LogP contribution in [0.25, 0.3) is 0 Å². The zero-order valence-corrected chi connectivity index (χ0v) is 15.7. The van der Waals surface area contributed by atoms with Crippen LogP contribution < -0.4 is 10.1 Å². The first-order valence-corrected chi connectivity index (χ1v) is 8.63. The number of hydrogen-bond acceptors (Lipinski definition) is 4. The second kappa shape index (κ2) is 8.51. The van der Waals surface area contributed by atoms with E-state index in [1.807, 2.05) is 60.3 Å². The summed E-state index contributed by atoms with van der Waals surface area (Å²) in [5.74, 6) is 1.23. The maximum Gasteiger partial charge on any atom is 0.252 e. The Morgan fingerprint density at radius 1 is 1.19 bits per heavy atom. The largest absolute Gasteiger partial charge is 0.496 e. The molecule has 1 unspecified atom stereocenters. The molecular formula is C21H23N3O3. The number of methoxy groups -OCH3 is 2. The number of rotatable bonds is 7. The highest BCUT2D eigenvalue weighted by Gasteiger charge is 2.24. The number of nitrogens with zero attached hydrogens (tertiary/aromatic N) is 2. The molecule has 6 heteroatoms. The van der Waals surface area contributed by atoms with E-state index in [9.17, 15) is 4.79 Å². The van der Waals surface area contributed by atoms with Crippen molar-refractivity contribution in [1.29, 1.82) is 0 Å². The van der Waals surface area contributed by atoms with E-state index in [0.29, 0.717) is 17.9 Å². The molecule has 0 aliphatic rings. The van der Waals surface area contributed by atoms with Gasteiger partial charge in [0.25, 0.3) is 5.91 Å². The molecule has 0 spiro atoms. The van der Waals surface area contributed by atoms with Gasteiger partial charge in [-0.2, -0.15) is 0 Å². The molecule has 0 radical (unpaired) electrons. The van der Waals surface area contributed by atoms with Crippen molar-refractivity contribution in [1.82, 2.24) is 14.9 Å². The predicted molar refractivity (Wildman–Crippen MR) is 103 cm³/mol. The van der Waals surface area contributed by atoms with Gasteiger partial charge in [0.2, 0.25) is 0 Å². The SMILES string of the molecule is COCc1cccc(C(=O)NC(c2ccccc2OC)c2nccn2C)c1. The minimum Gasteiger partial charge on any atom is -0.496 e. The highest BCUT2D eigenvalue weighted by atomic mass is 16.5. The van der Waals surface area contributed by atoms with Crippen LogP contribution in [0.2, 0.25) is 0 Å². The minimum atomic E-state index is -0.445. The molecule has 0 saturated heterocycles. The molecule has 140 valence electrons. The van der Waals surface area contributed by atoms with Crippen molar-refractivity contribution in [3.63, 3.8) is 0 Å². The maximum absolute atomic E-state index is 13.0. The Bertz CT molecular complexity index is 920. The lowest BCUT2D eigenvalue weighted by Gasteiger charge is -2.21. The molecule has 1 heterocycles. The van der Waals surface area contributed by atoms with Crippen molar-refractivity contribution in [3.8, 4) is 5.75 Å².